The van der Waals surface area contributed by atoms with Crippen molar-refractivity contribution in [3.63, 3.8) is 0 Å². The summed E-state index contributed by atoms with van der Waals surface area (Å²) in [6, 6.07) is 0.340. The zero-order valence-electron chi connectivity index (χ0n) is 11.8. The molecule has 1 saturated heterocycles. The second-order valence-electron chi connectivity index (χ2n) is 5.10. The Bertz CT molecular complexity index is 382. The number of aromatic nitrogens is 2. The largest absolute Gasteiger partial charge is 0.381 e. The van der Waals surface area contributed by atoms with Crippen molar-refractivity contribution in [1.82, 2.24) is 15.0 Å². The Balaban J connectivity index is 1.93. The molecule has 0 aromatic carbocycles. The van der Waals surface area contributed by atoms with E-state index in [2.05, 4.69) is 22.0 Å². The SMILES string of the molecule is CCCc1nc(CN2CCC(OC)CC2CN)no1. The second kappa shape index (κ2) is 6.98. The van der Waals surface area contributed by atoms with E-state index in [-0.39, 0.29) is 0 Å². The fourth-order valence-electron chi connectivity index (χ4n) is 2.58. The number of piperidine rings is 1. The lowest BCUT2D eigenvalue weighted by Crippen LogP contribution is -2.48. The fourth-order valence-corrected chi connectivity index (χ4v) is 2.58. The van der Waals surface area contributed by atoms with Gasteiger partial charge in [-0.2, -0.15) is 4.98 Å². The van der Waals surface area contributed by atoms with Gasteiger partial charge in [-0.05, 0) is 19.3 Å². The molecule has 0 saturated carbocycles. The van der Waals surface area contributed by atoms with Gasteiger partial charge in [0, 0.05) is 32.7 Å². The molecule has 0 spiro atoms. The number of methoxy groups -OCH3 is 1. The van der Waals surface area contributed by atoms with Gasteiger partial charge in [-0.25, -0.2) is 0 Å². The molecule has 2 rings (SSSR count). The number of hydrogen-bond donors (Lipinski definition) is 1. The summed E-state index contributed by atoms with van der Waals surface area (Å²) in [5, 5.41) is 4.04. The van der Waals surface area contributed by atoms with E-state index >= 15 is 0 Å². The minimum Gasteiger partial charge on any atom is -0.381 e. The summed E-state index contributed by atoms with van der Waals surface area (Å²) < 4.78 is 10.6. The summed E-state index contributed by atoms with van der Waals surface area (Å²) >= 11 is 0. The zero-order chi connectivity index (χ0) is 13.7. The number of nitrogens with zero attached hydrogens (tertiary/aromatic N) is 3. The van der Waals surface area contributed by atoms with Crippen LogP contribution in [0.25, 0.3) is 0 Å². The van der Waals surface area contributed by atoms with E-state index in [0.29, 0.717) is 25.2 Å². The maximum absolute atomic E-state index is 5.86. The Labute approximate surface area is 114 Å². The third kappa shape index (κ3) is 3.75. The van der Waals surface area contributed by atoms with Crippen LogP contribution in [0.1, 0.15) is 37.9 Å². The van der Waals surface area contributed by atoms with Crippen LogP contribution in [0, 0.1) is 0 Å². The highest BCUT2D eigenvalue weighted by molar-refractivity contribution is 4.90. The Hall–Kier alpha value is -0.980. The Morgan fingerprint density at radius 1 is 1.53 bits per heavy atom. The summed E-state index contributed by atoms with van der Waals surface area (Å²) in [5.74, 6) is 1.49. The molecular weight excluding hydrogens is 244 g/mol. The van der Waals surface area contributed by atoms with Crippen LogP contribution in [0.3, 0.4) is 0 Å². The van der Waals surface area contributed by atoms with Crippen LogP contribution in [0.2, 0.25) is 0 Å². The van der Waals surface area contributed by atoms with Crippen LogP contribution in [0.5, 0.6) is 0 Å². The standard InChI is InChI=1S/C13H24N4O2/c1-3-4-13-15-12(16-19-13)9-17-6-5-11(18-2)7-10(17)8-14/h10-11H,3-9,14H2,1-2H3. The monoisotopic (exact) mass is 268 g/mol. The third-order valence-corrected chi connectivity index (χ3v) is 3.71. The van der Waals surface area contributed by atoms with Gasteiger partial charge in [-0.1, -0.05) is 12.1 Å². The van der Waals surface area contributed by atoms with E-state index in [4.69, 9.17) is 15.0 Å². The molecule has 0 amide bonds. The van der Waals surface area contributed by atoms with Gasteiger partial charge in [-0.3, -0.25) is 4.90 Å². The first-order valence-electron chi connectivity index (χ1n) is 7.05. The predicted octanol–water partition coefficient (Wildman–Crippen LogP) is 0.960. The average molecular weight is 268 g/mol. The lowest BCUT2D eigenvalue weighted by molar-refractivity contribution is 0.00910. The molecule has 1 aliphatic rings. The molecular formula is C13H24N4O2. The Kier molecular flexibility index (Phi) is 5.30. The molecule has 1 aliphatic heterocycles. The Morgan fingerprint density at radius 2 is 2.37 bits per heavy atom. The van der Waals surface area contributed by atoms with Gasteiger partial charge in [0.05, 0.1) is 12.6 Å². The first kappa shape index (κ1) is 14.4. The van der Waals surface area contributed by atoms with Gasteiger partial charge in [0.1, 0.15) is 0 Å². The van der Waals surface area contributed by atoms with E-state index in [9.17, 15) is 0 Å². The van der Waals surface area contributed by atoms with Crippen molar-refractivity contribution in [2.75, 3.05) is 20.2 Å². The van der Waals surface area contributed by atoms with E-state index in [1.165, 1.54) is 0 Å². The van der Waals surface area contributed by atoms with Gasteiger partial charge in [-0.15, -0.1) is 0 Å². The van der Waals surface area contributed by atoms with E-state index < -0.39 is 0 Å². The third-order valence-electron chi connectivity index (χ3n) is 3.71. The smallest absolute Gasteiger partial charge is 0.226 e. The molecule has 0 aliphatic carbocycles. The maximum Gasteiger partial charge on any atom is 0.226 e. The molecule has 2 unspecified atom stereocenters. The van der Waals surface area contributed by atoms with Gasteiger partial charge in [0.15, 0.2) is 5.82 Å². The van der Waals surface area contributed by atoms with E-state index in [0.717, 1.165) is 43.9 Å². The second-order valence-corrected chi connectivity index (χ2v) is 5.10. The molecule has 0 radical (unpaired) electrons. The lowest BCUT2D eigenvalue weighted by Gasteiger charge is -2.37. The lowest BCUT2D eigenvalue weighted by atomic mass is 9.99. The Morgan fingerprint density at radius 3 is 3.05 bits per heavy atom. The van der Waals surface area contributed by atoms with Crippen molar-refractivity contribution in [2.24, 2.45) is 5.73 Å². The molecule has 2 heterocycles. The first-order valence-corrected chi connectivity index (χ1v) is 7.05. The van der Waals surface area contributed by atoms with Crippen LogP contribution >= 0.6 is 0 Å². The van der Waals surface area contributed by atoms with Crippen molar-refractivity contribution < 1.29 is 9.26 Å². The normalized spacial score (nSPS) is 24.8. The number of likely N-dealkylation sites (tertiary alicyclic amines) is 1. The van der Waals surface area contributed by atoms with Gasteiger partial charge < -0.3 is 15.0 Å². The molecule has 6 heteroatoms. The first-order chi connectivity index (χ1) is 9.26. The van der Waals surface area contributed by atoms with Gasteiger partial charge in [0.25, 0.3) is 0 Å². The maximum atomic E-state index is 5.86. The van der Waals surface area contributed by atoms with Gasteiger partial charge in [0.2, 0.25) is 5.89 Å². The number of hydrogen-bond acceptors (Lipinski definition) is 6. The van der Waals surface area contributed by atoms with E-state index in [1.54, 1.807) is 7.11 Å². The van der Waals surface area contributed by atoms with Crippen LogP contribution < -0.4 is 5.73 Å². The molecule has 2 atom stereocenters. The zero-order valence-corrected chi connectivity index (χ0v) is 11.8. The highest BCUT2D eigenvalue weighted by atomic mass is 16.5. The topological polar surface area (TPSA) is 77.4 Å². The summed E-state index contributed by atoms with van der Waals surface area (Å²) in [5.41, 5.74) is 5.86. The molecule has 1 fully saturated rings. The van der Waals surface area contributed by atoms with Crippen LogP contribution in [-0.4, -0.2) is 47.4 Å². The number of aryl methyl sites for hydroxylation is 1. The minimum atomic E-state index is 0.325. The molecule has 2 N–H and O–H groups in total. The molecule has 1 aromatic heterocycles. The molecule has 6 nitrogen and oxygen atoms in total. The number of nitrogens with two attached hydrogens (primary N) is 1. The summed E-state index contributed by atoms with van der Waals surface area (Å²) in [6.45, 7) is 4.42. The van der Waals surface area contributed by atoms with Crippen LogP contribution in [0.4, 0.5) is 0 Å². The van der Waals surface area contributed by atoms with Crippen molar-refractivity contribution in [3.8, 4) is 0 Å². The van der Waals surface area contributed by atoms with Crippen LogP contribution in [0.15, 0.2) is 4.52 Å². The van der Waals surface area contributed by atoms with Crippen LogP contribution in [-0.2, 0) is 17.7 Å². The summed E-state index contributed by atoms with van der Waals surface area (Å²) in [4.78, 5) is 6.74. The number of rotatable bonds is 6. The predicted molar refractivity (Wildman–Crippen MR) is 71.6 cm³/mol. The van der Waals surface area contributed by atoms with Crippen molar-refractivity contribution in [2.45, 2.75) is 51.3 Å². The van der Waals surface area contributed by atoms with Crippen molar-refractivity contribution in [3.05, 3.63) is 11.7 Å². The summed E-state index contributed by atoms with van der Waals surface area (Å²) in [7, 11) is 1.77. The number of ether oxygens (including phenoxy) is 1. The quantitative estimate of drug-likeness (QED) is 0.828. The van der Waals surface area contributed by atoms with Crippen molar-refractivity contribution in [1.29, 1.82) is 0 Å². The highest BCUT2D eigenvalue weighted by Gasteiger charge is 2.28. The van der Waals surface area contributed by atoms with Crippen molar-refractivity contribution >= 4 is 0 Å². The fraction of sp³-hybridized carbons (Fsp3) is 0.846. The summed E-state index contributed by atoms with van der Waals surface area (Å²) in [6.07, 6.45) is 4.20. The highest BCUT2D eigenvalue weighted by Crippen LogP contribution is 2.20. The molecule has 108 valence electrons. The molecule has 19 heavy (non-hydrogen) atoms. The molecule has 0 bridgehead atoms. The van der Waals surface area contributed by atoms with Gasteiger partial charge >= 0.3 is 0 Å². The average Bonchev–Trinajstić information content (AvgIpc) is 2.87. The minimum absolute atomic E-state index is 0.325. The molecule has 1 aromatic rings. The van der Waals surface area contributed by atoms with E-state index in [1.807, 2.05) is 0 Å².